The summed E-state index contributed by atoms with van der Waals surface area (Å²) < 4.78 is 10.4. The molecule has 0 unspecified atom stereocenters. The maximum Gasteiger partial charge on any atom is 0.374 e. The van der Waals surface area contributed by atoms with Gasteiger partial charge in [-0.15, -0.1) is 0 Å². The van der Waals surface area contributed by atoms with E-state index in [9.17, 15) is 14.9 Å². The van der Waals surface area contributed by atoms with Crippen molar-refractivity contribution < 1.29 is 18.9 Å². The van der Waals surface area contributed by atoms with Crippen LogP contribution >= 0.6 is 11.6 Å². The highest BCUT2D eigenvalue weighted by atomic mass is 35.5. The molecule has 1 aromatic carbocycles. The highest BCUT2D eigenvalue weighted by molar-refractivity contribution is 6.31. The number of aromatic nitrogens is 2. The van der Waals surface area contributed by atoms with Gasteiger partial charge in [0.25, 0.3) is 0 Å². The van der Waals surface area contributed by atoms with Gasteiger partial charge in [-0.2, -0.15) is 4.98 Å². The molecule has 138 valence electrons. The standard InChI is InChI=1S/C16H12ClN5O5/c1-9-7-10(4-5-11(9)17)27-16-13(22(24)25)14(18-8-19-16)20-21-15(23)12-3-2-6-26-12/h2-8H,1H3,(H,21,23)(H,18,19,20). The van der Waals surface area contributed by atoms with E-state index in [2.05, 4.69) is 20.8 Å². The summed E-state index contributed by atoms with van der Waals surface area (Å²) in [6.45, 7) is 1.76. The minimum atomic E-state index is -0.723. The van der Waals surface area contributed by atoms with Gasteiger partial charge in [-0.25, -0.2) is 4.98 Å². The second-order valence-corrected chi connectivity index (χ2v) is 5.61. The number of rotatable bonds is 6. The summed E-state index contributed by atoms with van der Waals surface area (Å²) >= 11 is 5.96. The zero-order chi connectivity index (χ0) is 19.4. The normalized spacial score (nSPS) is 10.3. The molecule has 0 saturated carbocycles. The van der Waals surface area contributed by atoms with Crippen LogP contribution < -0.4 is 15.6 Å². The van der Waals surface area contributed by atoms with E-state index >= 15 is 0 Å². The number of benzene rings is 1. The Morgan fingerprint density at radius 3 is 2.81 bits per heavy atom. The Morgan fingerprint density at radius 1 is 1.33 bits per heavy atom. The molecule has 0 aliphatic carbocycles. The van der Waals surface area contributed by atoms with Gasteiger partial charge in [0, 0.05) is 5.02 Å². The highest BCUT2D eigenvalue weighted by Gasteiger charge is 2.26. The third-order valence-corrected chi connectivity index (χ3v) is 3.78. The third kappa shape index (κ3) is 4.12. The first-order valence-electron chi connectivity index (χ1n) is 7.49. The number of hydrazine groups is 1. The molecule has 2 heterocycles. The molecule has 2 N–H and O–H groups in total. The molecule has 0 saturated heterocycles. The lowest BCUT2D eigenvalue weighted by atomic mass is 10.2. The monoisotopic (exact) mass is 389 g/mol. The molecule has 2 aromatic heterocycles. The van der Waals surface area contributed by atoms with E-state index in [1.165, 1.54) is 18.4 Å². The number of hydrogen-bond acceptors (Lipinski definition) is 8. The number of carbonyl (C=O) groups is 1. The molecule has 3 rings (SSSR count). The summed E-state index contributed by atoms with van der Waals surface area (Å²) in [7, 11) is 0. The lowest BCUT2D eigenvalue weighted by Crippen LogP contribution is -2.30. The first-order valence-corrected chi connectivity index (χ1v) is 7.86. The summed E-state index contributed by atoms with van der Waals surface area (Å²) in [5, 5.41) is 12.0. The Balaban J connectivity index is 1.84. The SMILES string of the molecule is Cc1cc(Oc2ncnc(NNC(=O)c3ccco3)c2[N+](=O)[O-])ccc1Cl. The predicted molar refractivity (Wildman–Crippen MR) is 94.7 cm³/mol. The molecule has 0 radical (unpaired) electrons. The van der Waals surface area contributed by atoms with Crippen molar-refractivity contribution in [3.05, 3.63) is 69.4 Å². The van der Waals surface area contributed by atoms with Gasteiger partial charge in [0.15, 0.2) is 5.76 Å². The molecule has 11 heteroatoms. The first kappa shape index (κ1) is 18.1. The van der Waals surface area contributed by atoms with Gasteiger partial charge in [-0.05, 0) is 42.8 Å². The van der Waals surface area contributed by atoms with Gasteiger partial charge >= 0.3 is 17.5 Å². The van der Waals surface area contributed by atoms with Gasteiger partial charge < -0.3 is 9.15 Å². The number of nitro groups is 1. The maximum atomic E-state index is 11.9. The molecular formula is C16H12ClN5O5. The largest absolute Gasteiger partial charge is 0.459 e. The third-order valence-electron chi connectivity index (χ3n) is 3.35. The van der Waals surface area contributed by atoms with E-state index in [0.717, 1.165) is 11.9 Å². The van der Waals surface area contributed by atoms with Crippen molar-refractivity contribution in [2.75, 3.05) is 5.43 Å². The maximum absolute atomic E-state index is 11.9. The predicted octanol–water partition coefficient (Wildman–Crippen LogP) is 3.49. The molecule has 0 aliphatic heterocycles. The fourth-order valence-corrected chi connectivity index (χ4v) is 2.19. The minimum Gasteiger partial charge on any atom is -0.459 e. The molecule has 0 spiro atoms. The van der Waals surface area contributed by atoms with E-state index in [1.807, 2.05) is 0 Å². The van der Waals surface area contributed by atoms with Crippen molar-refractivity contribution in [2.45, 2.75) is 6.92 Å². The lowest BCUT2D eigenvalue weighted by molar-refractivity contribution is -0.385. The summed E-state index contributed by atoms with van der Waals surface area (Å²) in [5.41, 5.74) is 4.81. The number of amides is 1. The van der Waals surface area contributed by atoms with Gasteiger partial charge in [-0.1, -0.05) is 11.6 Å². The van der Waals surface area contributed by atoms with Crippen LogP contribution in [-0.4, -0.2) is 20.8 Å². The quantitative estimate of drug-likeness (QED) is 0.483. The topological polar surface area (TPSA) is 132 Å². The second kappa shape index (κ2) is 7.70. The number of carbonyl (C=O) groups excluding carboxylic acids is 1. The van der Waals surface area contributed by atoms with Crippen molar-refractivity contribution in [1.29, 1.82) is 0 Å². The smallest absolute Gasteiger partial charge is 0.374 e. The van der Waals surface area contributed by atoms with Gasteiger partial charge in [0.05, 0.1) is 11.2 Å². The second-order valence-electron chi connectivity index (χ2n) is 5.20. The van der Waals surface area contributed by atoms with Gasteiger partial charge in [-0.3, -0.25) is 25.8 Å². The van der Waals surface area contributed by atoms with Crippen LogP contribution in [0.15, 0.2) is 47.3 Å². The van der Waals surface area contributed by atoms with E-state index in [4.69, 9.17) is 20.8 Å². The zero-order valence-corrected chi connectivity index (χ0v) is 14.6. The number of hydrogen-bond donors (Lipinski definition) is 2. The zero-order valence-electron chi connectivity index (χ0n) is 13.8. The molecule has 1 amide bonds. The van der Waals surface area contributed by atoms with Crippen LogP contribution in [0, 0.1) is 17.0 Å². The average molecular weight is 390 g/mol. The van der Waals surface area contributed by atoms with Crippen LogP contribution in [0.1, 0.15) is 16.1 Å². The number of anilines is 1. The molecule has 0 atom stereocenters. The molecule has 0 aliphatic rings. The van der Waals surface area contributed by atoms with Crippen molar-refractivity contribution in [2.24, 2.45) is 0 Å². The van der Waals surface area contributed by atoms with Crippen LogP contribution in [0.2, 0.25) is 5.02 Å². The number of ether oxygens (including phenoxy) is 1. The van der Waals surface area contributed by atoms with Crippen LogP contribution in [0.5, 0.6) is 11.6 Å². The molecule has 0 bridgehead atoms. The Bertz CT molecular complexity index is 993. The molecule has 3 aromatic rings. The average Bonchev–Trinajstić information content (AvgIpc) is 3.17. The van der Waals surface area contributed by atoms with Crippen molar-refractivity contribution in [3.8, 4) is 11.6 Å². The van der Waals surface area contributed by atoms with E-state index in [-0.39, 0.29) is 17.5 Å². The Labute approximate surface area is 157 Å². The van der Waals surface area contributed by atoms with E-state index < -0.39 is 16.5 Å². The fraction of sp³-hybridized carbons (Fsp3) is 0.0625. The van der Waals surface area contributed by atoms with E-state index in [1.54, 1.807) is 25.1 Å². The van der Waals surface area contributed by atoms with Crippen molar-refractivity contribution in [1.82, 2.24) is 15.4 Å². The summed E-state index contributed by atoms with van der Waals surface area (Å²) in [5.74, 6) is -0.859. The summed E-state index contributed by atoms with van der Waals surface area (Å²) in [6, 6.07) is 7.72. The number of nitrogens with one attached hydrogen (secondary N) is 2. The van der Waals surface area contributed by atoms with Gasteiger partial charge in [0.2, 0.25) is 5.82 Å². The van der Waals surface area contributed by atoms with Crippen LogP contribution in [0.4, 0.5) is 11.5 Å². The summed E-state index contributed by atoms with van der Waals surface area (Å²) in [4.78, 5) is 30.2. The minimum absolute atomic E-state index is 0.0207. The first-order chi connectivity index (χ1) is 13.0. The Hall–Kier alpha value is -3.66. The van der Waals surface area contributed by atoms with Crippen LogP contribution in [0.25, 0.3) is 0 Å². The molecular weight excluding hydrogens is 378 g/mol. The van der Waals surface area contributed by atoms with Gasteiger partial charge in [0.1, 0.15) is 12.1 Å². The molecule has 10 nitrogen and oxygen atoms in total. The number of nitrogens with zero attached hydrogens (tertiary/aromatic N) is 3. The van der Waals surface area contributed by atoms with Crippen molar-refractivity contribution >= 4 is 29.0 Å². The summed E-state index contributed by atoms with van der Waals surface area (Å²) in [6.07, 6.45) is 2.38. The number of furan rings is 1. The molecule has 0 fully saturated rings. The number of halogens is 1. The number of aryl methyl sites for hydroxylation is 1. The Kier molecular flexibility index (Phi) is 5.18. The van der Waals surface area contributed by atoms with Crippen LogP contribution in [0.3, 0.4) is 0 Å². The van der Waals surface area contributed by atoms with Crippen molar-refractivity contribution in [3.63, 3.8) is 0 Å². The van der Waals surface area contributed by atoms with E-state index in [0.29, 0.717) is 10.8 Å². The lowest BCUT2D eigenvalue weighted by Gasteiger charge is -2.10. The highest BCUT2D eigenvalue weighted by Crippen LogP contribution is 2.34. The fourth-order valence-electron chi connectivity index (χ4n) is 2.07. The van der Waals surface area contributed by atoms with Crippen LogP contribution in [-0.2, 0) is 0 Å². The Morgan fingerprint density at radius 2 is 2.15 bits per heavy atom. The molecule has 27 heavy (non-hydrogen) atoms.